The molecule has 0 spiro atoms. The van der Waals surface area contributed by atoms with E-state index >= 15 is 0 Å². The lowest BCUT2D eigenvalue weighted by Crippen LogP contribution is -2.31. The molecule has 0 bridgehead atoms. The minimum Gasteiger partial charge on any atom is -0.484 e. The average molecular weight is 253 g/mol. The molecule has 100 valence electrons. The van der Waals surface area contributed by atoms with Gasteiger partial charge in [0.15, 0.2) is 6.61 Å². The third-order valence-electron chi connectivity index (χ3n) is 2.32. The predicted molar refractivity (Wildman–Crippen MR) is 67.6 cm³/mol. The second-order valence-electron chi connectivity index (χ2n) is 3.75. The highest BCUT2D eigenvalue weighted by Crippen LogP contribution is 2.12. The van der Waals surface area contributed by atoms with Crippen molar-refractivity contribution in [1.82, 2.24) is 5.32 Å². The van der Waals surface area contributed by atoms with Crippen LogP contribution in [0.4, 0.5) is 0 Å². The first-order valence-electron chi connectivity index (χ1n) is 5.84. The highest BCUT2D eigenvalue weighted by molar-refractivity contribution is 5.77. The molecule has 0 aliphatic carbocycles. The molecule has 1 aromatic rings. The molecule has 0 atom stereocenters. The van der Waals surface area contributed by atoms with Crippen LogP contribution in [0.25, 0.3) is 0 Å². The van der Waals surface area contributed by atoms with E-state index in [0.717, 1.165) is 12.0 Å². The smallest absolute Gasteiger partial charge is 0.258 e. The van der Waals surface area contributed by atoms with E-state index in [0.29, 0.717) is 12.4 Å². The second kappa shape index (κ2) is 8.49. The summed E-state index contributed by atoms with van der Waals surface area (Å²) in [5, 5.41) is 11.0. The third-order valence-corrected chi connectivity index (χ3v) is 2.32. The molecule has 1 amide bonds. The second-order valence-corrected chi connectivity index (χ2v) is 3.75. The van der Waals surface area contributed by atoms with Gasteiger partial charge in [0.1, 0.15) is 5.75 Å². The molecule has 5 heteroatoms. The van der Waals surface area contributed by atoms with Crippen molar-refractivity contribution in [3.05, 3.63) is 29.8 Å². The number of ether oxygens (including phenoxy) is 2. The largest absolute Gasteiger partial charge is 0.484 e. The van der Waals surface area contributed by atoms with E-state index in [1.165, 1.54) is 0 Å². The quantitative estimate of drug-likeness (QED) is 0.702. The molecule has 0 unspecified atom stereocenters. The van der Waals surface area contributed by atoms with Crippen LogP contribution in [-0.2, 0) is 16.0 Å². The maximum Gasteiger partial charge on any atom is 0.258 e. The number of nitrogens with one attached hydrogen (secondary N) is 1. The molecule has 1 aromatic carbocycles. The van der Waals surface area contributed by atoms with Gasteiger partial charge in [-0.15, -0.1) is 0 Å². The van der Waals surface area contributed by atoms with Gasteiger partial charge in [-0.3, -0.25) is 4.79 Å². The molecule has 0 heterocycles. The standard InChI is InChI=1S/C13H19NO4/c1-17-9-6-11-2-4-12(5-3-11)18-10-13(16)14-7-8-15/h2-5,15H,6-10H2,1H3,(H,14,16). The van der Waals surface area contributed by atoms with Crippen LogP contribution in [0.3, 0.4) is 0 Å². The minimum absolute atomic E-state index is 0.0442. The van der Waals surface area contributed by atoms with E-state index in [1.807, 2.05) is 24.3 Å². The van der Waals surface area contributed by atoms with Gasteiger partial charge in [0, 0.05) is 13.7 Å². The third kappa shape index (κ3) is 5.65. The molecule has 0 aliphatic rings. The van der Waals surface area contributed by atoms with Gasteiger partial charge in [-0.1, -0.05) is 12.1 Å². The van der Waals surface area contributed by atoms with Gasteiger partial charge < -0.3 is 19.9 Å². The Kier molecular flexibility index (Phi) is 6.83. The Morgan fingerprint density at radius 2 is 2.06 bits per heavy atom. The number of carbonyl (C=O) groups is 1. The summed E-state index contributed by atoms with van der Waals surface area (Å²) in [7, 11) is 1.67. The summed E-state index contributed by atoms with van der Waals surface area (Å²) in [5.74, 6) is 0.405. The van der Waals surface area contributed by atoms with Crippen molar-refractivity contribution in [2.45, 2.75) is 6.42 Å². The van der Waals surface area contributed by atoms with Crippen LogP contribution >= 0.6 is 0 Å². The van der Waals surface area contributed by atoms with Crippen molar-refractivity contribution >= 4 is 5.91 Å². The maximum absolute atomic E-state index is 11.2. The van der Waals surface area contributed by atoms with E-state index < -0.39 is 0 Å². The summed E-state index contributed by atoms with van der Waals surface area (Å²) in [6, 6.07) is 7.54. The summed E-state index contributed by atoms with van der Waals surface area (Å²) in [6.07, 6.45) is 0.855. The zero-order valence-corrected chi connectivity index (χ0v) is 10.5. The van der Waals surface area contributed by atoms with Crippen LogP contribution in [0.5, 0.6) is 5.75 Å². The van der Waals surface area contributed by atoms with E-state index in [1.54, 1.807) is 7.11 Å². The first-order chi connectivity index (χ1) is 8.76. The summed E-state index contributed by atoms with van der Waals surface area (Å²) in [5.41, 5.74) is 1.16. The van der Waals surface area contributed by atoms with Crippen LogP contribution in [0.1, 0.15) is 5.56 Å². The van der Waals surface area contributed by atoms with Crippen molar-refractivity contribution in [2.75, 3.05) is 33.5 Å². The summed E-state index contributed by atoms with van der Waals surface area (Å²) in [6.45, 7) is 0.819. The van der Waals surface area contributed by atoms with Crippen LogP contribution in [0, 0.1) is 0 Å². The lowest BCUT2D eigenvalue weighted by atomic mass is 10.1. The zero-order chi connectivity index (χ0) is 13.2. The fourth-order valence-electron chi connectivity index (χ4n) is 1.37. The van der Waals surface area contributed by atoms with Crippen molar-refractivity contribution in [3.8, 4) is 5.75 Å². The highest BCUT2D eigenvalue weighted by Gasteiger charge is 2.01. The Morgan fingerprint density at radius 3 is 2.67 bits per heavy atom. The Labute approximate surface area is 107 Å². The van der Waals surface area contributed by atoms with Crippen molar-refractivity contribution in [2.24, 2.45) is 0 Å². The number of carbonyl (C=O) groups excluding carboxylic acids is 1. The van der Waals surface area contributed by atoms with Crippen LogP contribution < -0.4 is 10.1 Å². The van der Waals surface area contributed by atoms with E-state index in [-0.39, 0.29) is 25.7 Å². The molecule has 5 nitrogen and oxygen atoms in total. The number of hydrogen-bond donors (Lipinski definition) is 2. The normalized spacial score (nSPS) is 10.1. The molecule has 18 heavy (non-hydrogen) atoms. The molecule has 0 aromatic heterocycles. The van der Waals surface area contributed by atoms with E-state index in [9.17, 15) is 4.79 Å². The number of methoxy groups -OCH3 is 1. The van der Waals surface area contributed by atoms with Gasteiger partial charge in [-0.05, 0) is 24.1 Å². The van der Waals surface area contributed by atoms with Crippen molar-refractivity contribution in [3.63, 3.8) is 0 Å². The van der Waals surface area contributed by atoms with Crippen LogP contribution in [0.2, 0.25) is 0 Å². The van der Waals surface area contributed by atoms with Crippen molar-refractivity contribution in [1.29, 1.82) is 0 Å². The number of aliphatic hydroxyl groups is 1. The number of benzene rings is 1. The lowest BCUT2D eigenvalue weighted by molar-refractivity contribution is -0.123. The van der Waals surface area contributed by atoms with E-state index in [4.69, 9.17) is 14.6 Å². The Hall–Kier alpha value is -1.59. The first kappa shape index (κ1) is 14.5. The fraction of sp³-hybridized carbons (Fsp3) is 0.462. The van der Waals surface area contributed by atoms with Gasteiger partial charge in [0.2, 0.25) is 0 Å². The minimum atomic E-state index is -0.243. The number of hydrogen-bond acceptors (Lipinski definition) is 4. The molecular formula is C13H19NO4. The monoisotopic (exact) mass is 253 g/mol. The molecule has 0 fully saturated rings. The number of aliphatic hydroxyl groups excluding tert-OH is 1. The molecule has 0 aliphatic heterocycles. The van der Waals surface area contributed by atoms with Gasteiger partial charge in [0.05, 0.1) is 13.2 Å². The highest BCUT2D eigenvalue weighted by atomic mass is 16.5. The van der Waals surface area contributed by atoms with Gasteiger partial charge in [-0.2, -0.15) is 0 Å². The molecule has 0 saturated heterocycles. The molecular weight excluding hydrogens is 234 g/mol. The van der Waals surface area contributed by atoms with E-state index in [2.05, 4.69) is 5.32 Å². The summed E-state index contributed by atoms with van der Waals surface area (Å²) in [4.78, 5) is 11.2. The number of amides is 1. The summed E-state index contributed by atoms with van der Waals surface area (Å²) >= 11 is 0. The number of rotatable bonds is 8. The molecule has 2 N–H and O–H groups in total. The topological polar surface area (TPSA) is 67.8 Å². The molecule has 1 rings (SSSR count). The Balaban J connectivity index is 2.32. The molecule has 0 saturated carbocycles. The van der Waals surface area contributed by atoms with Crippen LogP contribution in [0.15, 0.2) is 24.3 Å². The van der Waals surface area contributed by atoms with Crippen LogP contribution in [-0.4, -0.2) is 44.5 Å². The Morgan fingerprint density at radius 1 is 1.33 bits per heavy atom. The predicted octanol–water partition coefficient (Wildman–Crippen LogP) is 0.363. The lowest BCUT2D eigenvalue weighted by Gasteiger charge is -2.07. The van der Waals surface area contributed by atoms with Gasteiger partial charge in [0.25, 0.3) is 5.91 Å². The average Bonchev–Trinajstić information content (AvgIpc) is 2.41. The van der Waals surface area contributed by atoms with Gasteiger partial charge >= 0.3 is 0 Å². The first-order valence-corrected chi connectivity index (χ1v) is 5.84. The van der Waals surface area contributed by atoms with Crippen molar-refractivity contribution < 1.29 is 19.4 Å². The SMILES string of the molecule is COCCc1ccc(OCC(=O)NCCO)cc1. The Bertz CT molecular complexity index is 351. The maximum atomic E-state index is 11.2. The summed E-state index contributed by atoms with van der Waals surface area (Å²) < 4.78 is 10.3. The molecule has 0 radical (unpaired) electrons. The fourth-order valence-corrected chi connectivity index (χ4v) is 1.37. The van der Waals surface area contributed by atoms with Gasteiger partial charge in [-0.25, -0.2) is 0 Å². The zero-order valence-electron chi connectivity index (χ0n) is 10.5.